The Morgan fingerprint density at radius 3 is 1.86 bits per heavy atom. The van der Waals surface area contributed by atoms with E-state index < -0.39 is 6.16 Å². The van der Waals surface area contributed by atoms with Gasteiger partial charge in [0.05, 0.1) is 0 Å². The van der Waals surface area contributed by atoms with Crippen LogP contribution in [0, 0.1) is 0 Å². The molecule has 0 unspecified atom stereocenters. The summed E-state index contributed by atoms with van der Waals surface area (Å²) >= 11 is 0. The molecule has 0 saturated carbocycles. The molecular formula is C26H20O3. The van der Waals surface area contributed by atoms with E-state index in [0.717, 1.165) is 27.8 Å². The zero-order valence-electron chi connectivity index (χ0n) is 15.8. The highest BCUT2D eigenvalue weighted by Crippen LogP contribution is 2.37. The first-order valence-corrected chi connectivity index (χ1v) is 9.43. The maximum atomic E-state index is 12.3. The first-order valence-electron chi connectivity index (χ1n) is 9.43. The van der Waals surface area contributed by atoms with Crippen LogP contribution in [0.25, 0.3) is 22.3 Å². The first kappa shape index (κ1) is 18.5. The molecule has 0 aromatic heterocycles. The van der Waals surface area contributed by atoms with Crippen molar-refractivity contribution in [2.24, 2.45) is 0 Å². The standard InChI is InChI=1S/C26H20O3/c27-26(28-19-20-11-3-1-4-12-20)29-25-18-10-9-17-24(25)23-16-8-7-15-22(23)21-13-5-2-6-14-21/h1-18H,19H2. The Balaban J connectivity index is 1.59. The van der Waals surface area contributed by atoms with Crippen molar-refractivity contribution in [2.45, 2.75) is 6.61 Å². The van der Waals surface area contributed by atoms with Crippen LogP contribution in [0.1, 0.15) is 5.56 Å². The lowest BCUT2D eigenvalue weighted by molar-refractivity contribution is 0.0929. The molecule has 0 amide bonds. The SMILES string of the molecule is O=C(OCc1ccccc1)Oc1ccccc1-c1ccccc1-c1ccccc1. The molecule has 3 nitrogen and oxygen atoms in total. The third-order valence-corrected chi connectivity index (χ3v) is 4.58. The predicted molar refractivity (Wildman–Crippen MR) is 115 cm³/mol. The molecule has 142 valence electrons. The van der Waals surface area contributed by atoms with Crippen molar-refractivity contribution < 1.29 is 14.3 Å². The summed E-state index contributed by atoms with van der Waals surface area (Å²) in [5.41, 5.74) is 4.91. The van der Waals surface area contributed by atoms with Gasteiger partial charge in [0, 0.05) is 5.56 Å². The normalized spacial score (nSPS) is 10.3. The third-order valence-electron chi connectivity index (χ3n) is 4.58. The van der Waals surface area contributed by atoms with Gasteiger partial charge in [-0.25, -0.2) is 4.79 Å². The highest BCUT2D eigenvalue weighted by Gasteiger charge is 2.15. The fourth-order valence-corrected chi connectivity index (χ4v) is 3.20. The van der Waals surface area contributed by atoms with E-state index in [1.54, 1.807) is 6.07 Å². The van der Waals surface area contributed by atoms with Crippen molar-refractivity contribution in [3.63, 3.8) is 0 Å². The second-order valence-electron chi connectivity index (χ2n) is 6.53. The smallest absolute Gasteiger partial charge is 0.429 e. The second kappa shape index (κ2) is 8.89. The van der Waals surface area contributed by atoms with E-state index >= 15 is 0 Å². The van der Waals surface area contributed by atoms with Gasteiger partial charge in [-0.05, 0) is 28.3 Å². The number of carbonyl (C=O) groups is 1. The van der Waals surface area contributed by atoms with Gasteiger partial charge in [0.1, 0.15) is 12.4 Å². The lowest BCUT2D eigenvalue weighted by Crippen LogP contribution is -2.11. The molecule has 3 heteroatoms. The number of rotatable bonds is 5. The molecule has 0 heterocycles. The predicted octanol–water partition coefficient (Wildman–Crippen LogP) is 6.74. The molecule has 4 rings (SSSR count). The van der Waals surface area contributed by atoms with Crippen molar-refractivity contribution in [1.29, 1.82) is 0 Å². The quantitative estimate of drug-likeness (QED) is 0.284. The molecule has 0 spiro atoms. The average molecular weight is 380 g/mol. The van der Waals surface area contributed by atoms with E-state index in [1.807, 2.05) is 84.9 Å². The van der Waals surface area contributed by atoms with Crippen LogP contribution in [0.5, 0.6) is 5.75 Å². The van der Waals surface area contributed by atoms with E-state index in [2.05, 4.69) is 18.2 Å². The molecule has 29 heavy (non-hydrogen) atoms. The summed E-state index contributed by atoms with van der Waals surface area (Å²) in [6, 6.07) is 35.2. The summed E-state index contributed by atoms with van der Waals surface area (Å²) in [4.78, 5) is 12.3. The van der Waals surface area contributed by atoms with Gasteiger partial charge in [-0.2, -0.15) is 0 Å². The van der Waals surface area contributed by atoms with Crippen LogP contribution >= 0.6 is 0 Å². The number of hydrogen-bond acceptors (Lipinski definition) is 3. The van der Waals surface area contributed by atoms with Crippen LogP contribution in [-0.4, -0.2) is 6.16 Å². The van der Waals surface area contributed by atoms with Crippen molar-refractivity contribution >= 4 is 6.16 Å². The van der Waals surface area contributed by atoms with Crippen molar-refractivity contribution in [3.05, 3.63) is 115 Å². The average Bonchev–Trinajstić information content (AvgIpc) is 2.79. The van der Waals surface area contributed by atoms with Crippen LogP contribution in [0.2, 0.25) is 0 Å². The minimum atomic E-state index is -0.724. The Labute approximate surface area is 170 Å². The number of benzene rings is 4. The summed E-state index contributed by atoms with van der Waals surface area (Å²) in [5, 5.41) is 0. The Hall–Kier alpha value is -3.85. The zero-order valence-corrected chi connectivity index (χ0v) is 15.8. The Morgan fingerprint density at radius 1 is 0.586 bits per heavy atom. The molecular weight excluding hydrogens is 360 g/mol. The fraction of sp³-hybridized carbons (Fsp3) is 0.0385. The number of carbonyl (C=O) groups excluding carboxylic acids is 1. The van der Waals surface area contributed by atoms with Gasteiger partial charge in [0.2, 0.25) is 0 Å². The summed E-state index contributed by atoms with van der Waals surface area (Å²) in [7, 11) is 0. The van der Waals surface area contributed by atoms with Crippen molar-refractivity contribution in [1.82, 2.24) is 0 Å². The largest absolute Gasteiger partial charge is 0.514 e. The number of ether oxygens (including phenoxy) is 2. The van der Waals surface area contributed by atoms with Crippen LogP contribution in [0.4, 0.5) is 4.79 Å². The van der Waals surface area contributed by atoms with Gasteiger partial charge < -0.3 is 9.47 Å². The van der Waals surface area contributed by atoms with Crippen molar-refractivity contribution in [2.75, 3.05) is 0 Å². The minimum absolute atomic E-state index is 0.169. The van der Waals surface area contributed by atoms with Crippen LogP contribution in [0.15, 0.2) is 109 Å². The molecule has 0 N–H and O–H groups in total. The molecule has 0 aliphatic carbocycles. The highest BCUT2D eigenvalue weighted by atomic mass is 16.7. The van der Waals surface area contributed by atoms with Gasteiger partial charge in [-0.15, -0.1) is 0 Å². The highest BCUT2D eigenvalue weighted by molar-refractivity contribution is 5.86. The summed E-state index contributed by atoms with van der Waals surface area (Å²) in [6.45, 7) is 0.169. The topological polar surface area (TPSA) is 35.5 Å². The monoisotopic (exact) mass is 380 g/mol. The maximum Gasteiger partial charge on any atom is 0.514 e. The van der Waals surface area contributed by atoms with E-state index in [0.29, 0.717) is 5.75 Å². The summed E-state index contributed by atoms with van der Waals surface area (Å²) < 4.78 is 10.8. The van der Waals surface area contributed by atoms with E-state index in [-0.39, 0.29) is 6.61 Å². The molecule has 0 aliphatic rings. The summed E-state index contributed by atoms with van der Waals surface area (Å²) in [5.74, 6) is 0.467. The number of hydrogen-bond donors (Lipinski definition) is 0. The Morgan fingerprint density at radius 2 is 1.14 bits per heavy atom. The van der Waals surface area contributed by atoms with Gasteiger partial charge in [0.15, 0.2) is 0 Å². The fourth-order valence-electron chi connectivity index (χ4n) is 3.20. The van der Waals surface area contributed by atoms with Gasteiger partial charge >= 0.3 is 6.16 Å². The maximum absolute atomic E-state index is 12.3. The zero-order chi connectivity index (χ0) is 19.9. The van der Waals surface area contributed by atoms with Crippen LogP contribution < -0.4 is 4.74 Å². The molecule has 0 atom stereocenters. The van der Waals surface area contributed by atoms with E-state index in [4.69, 9.17) is 9.47 Å². The lowest BCUT2D eigenvalue weighted by atomic mass is 9.94. The molecule has 0 bridgehead atoms. The molecule has 0 radical (unpaired) electrons. The van der Waals surface area contributed by atoms with Gasteiger partial charge in [0.25, 0.3) is 0 Å². The van der Waals surface area contributed by atoms with Gasteiger partial charge in [-0.1, -0.05) is 103 Å². The molecule has 4 aromatic carbocycles. The lowest BCUT2D eigenvalue weighted by Gasteiger charge is -2.14. The van der Waals surface area contributed by atoms with Crippen LogP contribution in [0.3, 0.4) is 0 Å². The second-order valence-corrected chi connectivity index (χ2v) is 6.53. The van der Waals surface area contributed by atoms with Gasteiger partial charge in [-0.3, -0.25) is 0 Å². The first-order chi connectivity index (χ1) is 14.3. The molecule has 0 aliphatic heterocycles. The van der Waals surface area contributed by atoms with E-state index in [1.165, 1.54) is 0 Å². The molecule has 0 fully saturated rings. The Bertz CT molecular complexity index is 1090. The minimum Gasteiger partial charge on any atom is -0.429 e. The third kappa shape index (κ3) is 4.53. The number of para-hydroxylation sites is 1. The molecule has 0 saturated heterocycles. The Kier molecular flexibility index (Phi) is 5.68. The van der Waals surface area contributed by atoms with Crippen LogP contribution in [-0.2, 0) is 11.3 Å². The van der Waals surface area contributed by atoms with E-state index in [9.17, 15) is 4.79 Å². The molecule has 4 aromatic rings. The summed E-state index contributed by atoms with van der Waals surface area (Å²) in [6.07, 6.45) is -0.724. The van der Waals surface area contributed by atoms with Crippen molar-refractivity contribution in [3.8, 4) is 28.0 Å².